The van der Waals surface area contributed by atoms with Crippen LogP contribution in [0.25, 0.3) is 0 Å². The Kier molecular flexibility index (Phi) is 8.70. The van der Waals surface area contributed by atoms with Crippen molar-refractivity contribution in [3.8, 4) is 0 Å². The zero-order chi connectivity index (χ0) is 23.0. The van der Waals surface area contributed by atoms with Crippen molar-refractivity contribution < 1.29 is 13.2 Å². The molecule has 1 heterocycles. The number of sulfonamides is 1. The molecule has 1 aliphatic heterocycles. The lowest BCUT2D eigenvalue weighted by Crippen LogP contribution is -2.32. The molecule has 32 heavy (non-hydrogen) atoms. The van der Waals surface area contributed by atoms with Gasteiger partial charge in [0.05, 0.1) is 11.9 Å². The van der Waals surface area contributed by atoms with Crippen LogP contribution in [-0.4, -0.2) is 45.1 Å². The lowest BCUT2D eigenvalue weighted by molar-refractivity contribution is -0.121. The van der Waals surface area contributed by atoms with Crippen LogP contribution in [0.3, 0.4) is 0 Å². The topological polar surface area (TPSA) is 69.7 Å². The van der Waals surface area contributed by atoms with Gasteiger partial charge >= 0.3 is 0 Å². The molecular formula is C25H35N3O3S. The molecule has 1 amide bonds. The van der Waals surface area contributed by atoms with Gasteiger partial charge in [-0.25, -0.2) is 8.42 Å². The molecular weight excluding hydrogens is 422 g/mol. The Hall–Kier alpha value is -2.38. The van der Waals surface area contributed by atoms with E-state index in [1.165, 1.54) is 35.4 Å². The Balaban J connectivity index is 1.51. The van der Waals surface area contributed by atoms with Crippen molar-refractivity contribution in [1.29, 1.82) is 0 Å². The first-order valence-electron chi connectivity index (χ1n) is 11.4. The van der Waals surface area contributed by atoms with Gasteiger partial charge in [0.15, 0.2) is 0 Å². The van der Waals surface area contributed by atoms with Crippen molar-refractivity contribution in [3.63, 3.8) is 0 Å². The molecule has 2 aromatic carbocycles. The fraction of sp³-hybridized carbons (Fsp3) is 0.480. The van der Waals surface area contributed by atoms with E-state index in [9.17, 15) is 13.2 Å². The highest BCUT2D eigenvalue weighted by molar-refractivity contribution is 7.92. The lowest BCUT2D eigenvalue weighted by Gasteiger charge is -2.27. The summed E-state index contributed by atoms with van der Waals surface area (Å²) in [5.74, 6) is -0.0598. The number of hydrogen-bond donors (Lipinski definition) is 1. The molecule has 0 spiro atoms. The minimum absolute atomic E-state index is 0.0598. The van der Waals surface area contributed by atoms with Crippen LogP contribution in [0.2, 0.25) is 0 Å². The average Bonchev–Trinajstić information content (AvgIpc) is 2.76. The molecule has 7 heteroatoms. The van der Waals surface area contributed by atoms with Crippen molar-refractivity contribution in [2.24, 2.45) is 0 Å². The van der Waals surface area contributed by atoms with E-state index in [4.69, 9.17) is 0 Å². The van der Waals surface area contributed by atoms with Gasteiger partial charge in [0, 0.05) is 26.1 Å². The van der Waals surface area contributed by atoms with Gasteiger partial charge in [-0.2, -0.15) is 0 Å². The summed E-state index contributed by atoms with van der Waals surface area (Å²) in [5.41, 5.74) is 4.04. The molecule has 0 radical (unpaired) electrons. The van der Waals surface area contributed by atoms with Crippen molar-refractivity contribution in [3.05, 3.63) is 65.2 Å². The standard InChI is InChI=1S/C25H35N3O3S/c1-21-10-8-13-24(18-21)28(32(2,30)31)17-9-14-25(29)26-19-22-11-4-5-12-23(22)20-27-15-6-3-7-16-27/h4-5,8,10-13,18H,3,6-7,9,14-17,19-20H2,1-2H3,(H,26,29). The fourth-order valence-corrected chi connectivity index (χ4v) is 5.13. The van der Waals surface area contributed by atoms with Gasteiger partial charge in [-0.3, -0.25) is 14.0 Å². The fourth-order valence-electron chi connectivity index (χ4n) is 4.18. The number of benzene rings is 2. The molecule has 0 aliphatic carbocycles. The van der Waals surface area contributed by atoms with Gasteiger partial charge in [-0.1, -0.05) is 42.8 Å². The number of anilines is 1. The monoisotopic (exact) mass is 457 g/mol. The Morgan fingerprint density at radius 2 is 1.75 bits per heavy atom. The average molecular weight is 458 g/mol. The summed E-state index contributed by atoms with van der Waals surface area (Å²) in [6.45, 7) is 5.90. The van der Waals surface area contributed by atoms with Gasteiger partial charge < -0.3 is 5.32 Å². The highest BCUT2D eigenvalue weighted by Gasteiger charge is 2.18. The molecule has 2 aromatic rings. The third-order valence-corrected chi connectivity index (χ3v) is 7.09. The molecule has 0 aromatic heterocycles. The van der Waals surface area contributed by atoms with Crippen LogP contribution in [0.15, 0.2) is 48.5 Å². The number of carbonyl (C=O) groups excluding carboxylic acids is 1. The Labute approximate surface area is 192 Å². The molecule has 174 valence electrons. The van der Waals surface area contributed by atoms with Crippen LogP contribution < -0.4 is 9.62 Å². The summed E-state index contributed by atoms with van der Waals surface area (Å²) >= 11 is 0. The second-order valence-electron chi connectivity index (χ2n) is 8.66. The largest absolute Gasteiger partial charge is 0.352 e. The van der Waals surface area contributed by atoms with E-state index in [2.05, 4.69) is 28.4 Å². The molecule has 1 fully saturated rings. The SMILES string of the molecule is Cc1cccc(N(CCCC(=O)NCc2ccccc2CN2CCCCC2)S(C)(=O)=O)c1. The Morgan fingerprint density at radius 3 is 2.44 bits per heavy atom. The third kappa shape index (κ3) is 7.35. The normalized spacial score (nSPS) is 14.8. The first-order valence-corrected chi connectivity index (χ1v) is 13.3. The van der Waals surface area contributed by atoms with Gasteiger partial charge in [-0.05, 0) is 68.1 Å². The molecule has 6 nitrogen and oxygen atoms in total. The first-order chi connectivity index (χ1) is 15.3. The molecule has 3 rings (SSSR count). The van der Waals surface area contributed by atoms with Crippen molar-refractivity contribution >= 4 is 21.6 Å². The lowest BCUT2D eigenvalue weighted by atomic mass is 10.0. The quantitative estimate of drug-likeness (QED) is 0.588. The number of nitrogens with one attached hydrogen (secondary N) is 1. The number of hydrogen-bond acceptors (Lipinski definition) is 4. The zero-order valence-electron chi connectivity index (χ0n) is 19.2. The van der Waals surface area contributed by atoms with Gasteiger partial charge in [0.2, 0.25) is 15.9 Å². The summed E-state index contributed by atoms with van der Waals surface area (Å²) in [6, 6.07) is 15.7. The molecule has 1 aliphatic rings. The molecule has 0 bridgehead atoms. The van der Waals surface area contributed by atoms with Gasteiger partial charge in [-0.15, -0.1) is 0 Å². The Bertz CT molecular complexity index is 1000. The number of amides is 1. The van der Waals surface area contributed by atoms with E-state index in [0.29, 0.717) is 18.7 Å². The maximum absolute atomic E-state index is 12.4. The van der Waals surface area contributed by atoms with Gasteiger partial charge in [0.25, 0.3) is 0 Å². The highest BCUT2D eigenvalue weighted by Crippen LogP contribution is 2.20. The van der Waals surface area contributed by atoms with Crippen molar-refractivity contribution in [1.82, 2.24) is 10.2 Å². The predicted octanol–water partition coefficient (Wildman–Crippen LogP) is 3.84. The van der Waals surface area contributed by atoms with Crippen molar-refractivity contribution in [2.45, 2.75) is 52.1 Å². The van der Waals surface area contributed by atoms with E-state index in [1.54, 1.807) is 6.07 Å². The minimum Gasteiger partial charge on any atom is -0.352 e. The first kappa shape index (κ1) is 24.3. The summed E-state index contributed by atoms with van der Waals surface area (Å²) in [4.78, 5) is 14.9. The van der Waals surface area contributed by atoms with E-state index in [0.717, 1.165) is 30.8 Å². The van der Waals surface area contributed by atoms with Crippen LogP contribution in [0.1, 0.15) is 48.8 Å². The second-order valence-corrected chi connectivity index (χ2v) is 10.6. The van der Waals surface area contributed by atoms with Crippen LogP contribution in [0, 0.1) is 6.92 Å². The van der Waals surface area contributed by atoms with E-state index < -0.39 is 10.0 Å². The number of aryl methyl sites for hydroxylation is 1. The number of likely N-dealkylation sites (tertiary alicyclic amines) is 1. The molecule has 0 unspecified atom stereocenters. The molecule has 1 saturated heterocycles. The number of rotatable bonds is 10. The third-order valence-electron chi connectivity index (χ3n) is 5.89. The summed E-state index contributed by atoms with van der Waals surface area (Å²) in [7, 11) is -3.41. The van der Waals surface area contributed by atoms with Crippen LogP contribution >= 0.6 is 0 Å². The summed E-state index contributed by atoms with van der Waals surface area (Å²) in [5, 5.41) is 3.01. The van der Waals surface area contributed by atoms with E-state index in [-0.39, 0.29) is 18.9 Å². The van der Waals surface area contributed by atoms with Crippen LogP contribution in [0.4, 0.5) is 5.69 Å². The van der Waals surface area contributed by atoms with Crippen molar-refractivity contribution in [2.75, 3.05) is 30.2 Å². The number of piperidine rings is 1. The zero-order valence-corrected chi connectivity index (χ0v) is 20.0. The predicted molar refractivity (Wildman–Crippen MR) is 130 cm³/mol. The highest BCUT2D eigenvalue weighted by atomic mass is 32.2. The van der Waals surface area contributed by atoms with Crippen LogP contribution in [0.5, 0.6) is 0 Å². The maximum Gasteiger partial charge on any atom is 0.232 e. The minimum atomic E-state index is -3.41. The molecule has 1 N–H and O–H groups in total. The Morgan fingerprint density at radius 1 is 1.03 bits per heavy atom. The summed E-state index contributed by atoms with van der Waals surface area (Å²) < 4.78 is 25.9. The van der Waals surface area contributed by atoms with Crippen LogP contribution in [-0.2, 0) is 27.9 Å². The number of carbonyl (C=O) groups is 1. The molecule has 0 atom stereocenters. The van der Waals surface area contributed by atoms with E-state index >= 15 is 0 Å². The van der Waals surface area contributed by atoms with Gasteiger partial charge in [0.1, 0.15) is 0 Å². The smallest absolute Gasteiger partial charge is 0.232 e. The second kappa shape index (κ2) is 11.5. The van der Waals surface area contributed by atoms with E-state index in [1.807, 2.05) is 31.2 Å². The maximum atomic E-state index is 12.4. The number of nitrogens with zero attached hydrogens (tertiary/aromatic N) is 2. The molecule has 0 saturated carbocycles. The summed E-state index contributed by atoms with van der Waals surface area (Å²) in [6.07, 6.45) is 5.77.